The van der Waals surface area contributed by atoms with Gasteiger partial charge in [-0.2, -0.15) is 0 Å². The lowest BCUT2D eigenvalue weighted by Gasteiger charge is -2.39. The number of piperidine rings is 1. The maximum atomic E-state index is 14.8. The van der Waals surface area contributed by atoms with E-state index in [2.05, 4.69) is 15.0 Å². The number of hydrogen-bond donors (Lipinski definition) is 1. The number of carbonyl (C=O) groups excluding carboxylic acids is 1. The fourth-order valence-corrected chi connectivity index (χ4v) is 6.94. The number of rotatable bonds is 6. The summed E-state index contributed by atoms with van der Waals surface area (Å²) in [6.07, 6.45) is 4.33. The Morgan fingerprint density at radius 3 is 2.41 bits per heavy atom. The van der Waals surface area contributed by atoms with Crippen LogP contribution in [0.3, 0.4) is 0 Å². The van der Waals surface area contributed by atoms with E-state index in [0.29, 0.717) is 45.7 Å². The third-order valence-electron chi connectivity index (χ3n) is 8.43. The van der Waals surface area contributed by atoms with Gasteiger partial charge in [-0.3, -0.25) is 0 Å². The minimum absolute atomic E-state index is 0.0203. The van der Waals surface area contributed by atoms with Crippen molar-refractivity contribution in [2.24, 2.45) is 7.05 Å². The number of ether oxygens (including phenoxy) is 1. The maximum absolute atomic E-state index is 14.8. The largest absolute Gasteiger partial charge is 0.478 e. The molecule has 41 heavy (non-hydrogen) atoms. The molecule has 0 unspecified atom stereocenters. The van der Waals surface area contributed by atoms with Crippen LogP contribution in [0.5, 0.6) is 0 Å². The lowest BCUT2D eigenvalue weighted by molar-refractivity contribution is 0.0201. The first kappa shape index (κ1) is 26.3. The van der Waals surface area contributed by atoms with Crippen molar-refractivity contribution in [2.45, 2.75) is 62.6 Å². The monoisotopic (exact) mass is 598 g/mol. The van der Waals surface area contributed by atoms with Crippen LogP contribution in [-0.2, 0) is 11.8 Å². The average molecular weight is 599 g/mol. The Labute approximate surface area is 243 Å². The van der Waals surface area contributed by atoms with Crippen LogP contribution in [0.4, 0.5) is 10.3 Å². The molecule has 1 aliphatic carbocycles. The van der Waals surface area contributed by atoms with Crippen molar-refractivity contribution >= 4 is 52.1 Å². The van der Waals surface area contributed by atoms with Crippen molar-refractivity contribution in [3.05, 3.63) is 63.1 Å². The highest BCUT2D eigenvalue weighted by Crippen LogP contribution is 2.47. The van der Waals surface area contributed by atoms with Crippen molar-refractivity contribution < 1.29 is 28.3 Å². The molecule has 212 valence electrons. The average Bonchev–Trinajstić information content (AvgIpc) is 3.52. The van der Waals surface area contributed by atoms with E-state index in [-0.39, 0.29) is 46.4 Å². The second-order valence-electron chi connectivity index (χ2n) is 11.0. The van der Waals surface area contributed by atoms with Crippen LogP contribution in [0, 0.1) is 5.82 Å². The van der Waals surface area contributed by atoms with Crippen molar-refractivity contribution in [1.82, 2.24) is 14.7 Å². The first-order valence-corrected chi connectivity index (χ1v) is 14.3. The third-order valence-corrected chi connectivity index (χ3v) is 9.06. The van der Waals surface area contributed by atoms with E-state index in [1.54, 1.807) is 29.8 Å². The molecule has 1 N–H and O–H groups in total. The zero-order chi connectivity index (χ0) is 28.6. The first-order chi connectivity index (χ1) is 19.7. The standard InChI is InChI=1S/C29H25Cl2FN4O5/c1-35-21-10-14(27(37)38)9-20(32)24(21)33-29(35)36-15-7-8-16(36)12-17(11-15)40-28(39)23-25(34-41-26(23)13-5-6-13)22-18(30)3-2-4-19(22)31/h2-4,9-10,13,15-17H,5-8,11-12H2,1H3,(H,37,38)/t15-,16+,17+. The van der Waals surface area contributed by atoms with E-state index >= 15 is 0 Å². The number of imidazole rings is 1. The van der Waals surface area contributed by atoms with Gasteiger partial charge in [0.05, 0.1) is 21.1 Å². The lowest BCUT2D eigenvalue weighted by atomic mass is 9.99. The number of aromatic carboxylic acids is 1. The third kappa shape index (κ3) is 4.35. The second-order valence-corrected chi connectivity index (χ2v) is 11.8. The van der Waals surface area contributed by atoms with E-state index in [0.717, 1.165) is 31.7 Å². The molecule has 2 aliphatic heterocycles. The molecular formula is C29H25Cl2FN4O5. The van der Waals surface area contributed by atoms with Crippen LogP contribution in [0.15, 0.2) is 34.9 Å². The summed E-state index contributed by atoms with van der Waals surface area (Å²) in [7, 11) is 1.76. The predicted molar refractivity (Wildman–Crippen MR) is 149 cm³/mol. The molecular weight excluding hydrogens is 574 g/mol. The number of fused-ring (bicyclic) bond motifs is 3. The fourth-order valence-electron chi connectivity index (χ4n) is 6.37. The second kappa shape index (κ2) is 9.73. The minimum Gasteiger partial charge on any atom is -0.478 e. The quantitative estimate of drug-likeness (QED) is 0.247. The molecule has 12 heteroatoms. The number of aryl methyl sites for hydroxylation is 1. The summed E-state index contributed by atoms with van der Waals surface area (Å²) < 4.78 is 28.3. The van der Waals surface area contributed by atoms with Gasteiger partial charge in [0.25, 0.3) is 0 Å². The van der Waals surface area contributed by atoms with Crippen molar-refractivity contribution in [3.8, 4) is 11.3 Å². The van der Waals surface area contributed by atoms with Crippen molar-refractivity contribution in [2.75, 3.05) is 4.90 Å². The Kier molecular flexibility index (Phi) is 6.24. The molecule has 3 aliphatic rings. The molecule has 3 fully saturated rings. The van der Waals surface area contributed by atoms with E-state index in [9.17, 15) is 19.1 Å². The van der Waals surface area contributed by atoms with Gasteiger partial charge >= 0.3 is 11.9 Å². The summed E-state index contributed by atoms with van der Waals surface area (Å²) in [5.74, 6) is -1.20. The Hall–Kier alpha value is -3.63. The summed E-state index contributed by atoms with van der Waals surface area (Å²) in [6.45, 7) is 0. The normalized spacial score (nSPS) is 22.0. The van der Waals surface area contributed by atoms with Gasteiger partial charge in [-0.25, -0.2) is 19.0 Å². The van der Waals surface area contributed by atoms with Gasteiger partial charge in [-0.15, -0.1) is 0 Å². The van der Waals surface area contributed by atoms with E-state index < -0.39 is 17.8 Å². The molecule has 2 aromatic heterocycles. The molecule has 4 aromatic rings. The number of hydrogen-bond acceptors (Lipinski definition) is 7. The Bertz CT molecular complexity index is 1700. The Balaban J connectivity index is 1.16. The molecule has 2 saturated heterocycles. The van der Waals surface area contributed by atoms with Gasteiger partial charge < -0.3 is 23.8 Å². The highest BCUT2D eigenvalue weighted by molar-refractivity contribution is 6.39. The van der Waals surface area contributed by atoms with Crippen LogP contribution in [0.1, 0.15) is 70.9 Å². The molecule has 3 atom stereocenters. The molecule has 0 radical (unpaired) electrons. The van der Waals surface area contributed by atoms with Gasteiger partial charge in [0.1, 0.15) is 22.9 Å². The number of anilines is 1. The van der Waals surface area contributed by atoms with E-state index in [1.807, 2.05) is 0 Å². The van der Waals surface area contributed by atoms with Gasteiger partial charge in [0.15, 0.2) is 11.6 Å². The van der Waals surface area contributed by atoms with E-state index in [4.69, 9.17) is 32.5 Å². The smallest absolute Gasteiger partial charge is 0.344 e. The highest BCUT2D eigenvalue weighted by atomic mass is 35.5. The lowest BCUT2D eigenvalue weighted by Crippen LogP contribution is -2.47. The van der Waals surface area contributed by atoms with Crippen molar-refractivity contribution in [1.29, 1.82) is 0 Å². The SMILES string of the molecule is Cn1c(N2[C@@H]3CC[C@H]2C[C@@H](OC(=O)c2c(-c4c(Cl)cccc4Cl)noc2C2CC2)C3)nc2c(F)cc(C(=O)O)cc21. The number of benzene rings is 2. The minimum atomic E-state index is -1.20. The molecule has 1 saturated carbocycles. The molecule has 7 rings (SSSR count). The Morgan fingerprint density at radius 1 is 1.10 bits per heavy atom. The van der Waals surface area contributed by atoms with Crippen LogP contribution in [0.2, 0.25) is 10.0 Å². The predicted octanol–water partition coefficient (Wildman–Crippen LogP) is 6.61. The van der Waals surface area contributed by atoms with Gasteiger partial charge in [-0.05, 0) is 49.9 Å². The Morgan fingerprint density at radius 2 is 1.78 bits per heavy atom. The molecule has 4 heterocycles. The molecule has 9 nitrogen and oxygen atoms in total. The van der Waals surface area contributed by atoms with Crippen LogP contribution in [-0.4, -0.2) is 49.9 Å². The summed E-state index contributed by atoms with van der Waals surface area (Å²) >= 11 is 12.9. The number of nitrogens with zero attached hydrogens (tertiary/aromatic N) is 4. The maximum Gasteiger partial charge on any atom is 0.344 e. The number of halogens is 3. The summed E-state index contributed by atoms with van der Waals surface area (Å²) in [5.41, 5.74) is 1.42. The number of aromatic nitrogens is 3. The van der Waals surface area contributed by atoms with E-state index in [1.165, 1.54) is 6.07 Å². The summed E-state index contributed by atoms with van der Waals surface area (Å²) in [6, 6.07) is 7.57. The molecule has 2 bridgehead atoms. The van der Waals surface area contributed by atoms with Gasteiger partial charge in [0, 0.05) is 43.5 Å². The summed E-state index contributed by atoms with van der Waals surface area (Å²) in [5, 5.41) is 14.3. The zero-order valence-electron chi connectivity index (χ0n) is 21.9. The number of esters is 1. The topological polar surface area (TPSA) is 111 Å². The molecule has 2 aromatic carbocycles. The first-order valence-electron chi connectivity index (χ1n) is 13.5. The number of carboxylic acids is 1. The van der Waals surface area contributed by atoms with Crippen LogP contribution in [0.25, 0.3) is 22.3 Å². The van der Waals surface area contributed by atoms with Crippen LogP contribution >= 0.6 is 23.2 Å². The van der Waals surface area contributed by atoms with Gasteiger partial charge in [0.2, 0.25) is 5.95 Å². The fraction of sp³-hybridized carbons (Fsp3) is 0.379. The number of carbonyl (C=O) groups is 2. The molecule has 0 spiro atoms. The van der Waals surface area contributed by atoms with Gasteiger partial charge in [-0.1, -0.05) is 34.4 Å². The molecule has 0 amide bonds. The summed E-state index contributed by atoms with van der Waals surface area (Å²) in [4.78, 5) is 31.9. The van der Waals surface area contributed by atoms with Crippen LogP contribution < -0.4 is 4.90 Å². The zero-order valence-corrected chi connectivity index (χ0v) is 23.5. The number of carboxylic acid groups (broad SMARTS) is 1. The van der Waals surface area contributed by atoms with Crippen molar-refractivity contribution in [3.63, 3.8) is 0 Å². The highest BCUT2D eigenvalue weighted by Gasteiger charge is 2.45.